The molecule has 0 unspecified atom stereocenters. The van der Waals surface area contributed by atoms with Gasteiger partial charge in [0.1, 0.15) is 11.3 Å². The Kier molecular flexibility index (Phi) is 6.41. The molecule has 0 amide bonds. The van der Waals surface area contributed by atoms with Gasteiger partial charge in [-0.15, -0.1) is 0 Å². The third kappa shape index (κ3) is 5.00. The molecular formula is C26H26O5. The SMILES string of the molecule is COC(=O)c1ccc(CCc2cccc(CCc3ccc4c(c3)OCO4)c2)cc1OC. The highest BCUT2D eigenvalue weighted by Gasteiger charge is 2.14. The number of ether oxygens (including phenoxy) is 4. The minimum absolute atomic E-state index is 0.304. The first kappa shape index (κ1) is 20.8. The van der Waals surface area contributed by atoms with Gasteiger partial charge in [0.15, 0.2) is 11.5 Å². The van der Waals surface area contributed by atoms with Crippen molar-refractivity contribution in [2.45, 2.75) is 25.7 Å². The molecule has 1 heterocycles. The summed E-state index contributed by atoms with van der Waals surface area (Å²) in [6.45, 7) is 0.304. The molecule has 0 atom stereocenters. The van der Waals surface area contributed by atoms with E-state index in [-0.39, 0.29) is 0 Å². The first-order valence-electron chi connectivity index (χ1n) is 10.4. The Labute approximate surface area is 182 Å². The average Bonchev–Trinajstić information content (AvgIpc) is 3.29. The van der Waals surface area contributed by atoms with Crippen molar-refractivity contribution in [3.8, 4) is 17.2 Å². The number of fused-ring (bicyclic) bond motifs is 1. The Morgan fingerprint density at radius 3 is 2.06 bits per heavy atom. The molecule has 0 aromatic heterocycles. The van der Waals surface area contributed by atoms with Crippen LogP contribution in [0.4, 0.5) is 0 Å². The Bertz CT molecular complexity index is 1070. The maximum atomic E-state index is 11.8. The molecule has 3 aromatic rings. The van der Waals surface area contributed by atoms with E-state index in [1.165, 1.54) is 23.8 Å². The van der Waals surface area contributed by atoms with Crippen molar-refractivity contribution in [2.24, 2.45) is 0 Å². The predicted molar refractivity (Wildman–Crippen MR) is 118 cm³/mol. The summed E-state index contributed by atoms with van der Waals surface area (Å²) < 4.78 is 21.0. The molecule has 3 aromatic carbocycles. The molecule has 0 N–H and O–H groups in total. The van der Waals surface area contributed by atoms with Crippen LogP contribution in [-0.4, -0.2) is 27.0 Å². The summed E-state index contributed by atoms with van der Waals surface area (Å²) in [6.07, 6.45) is 3.70. The van der Waals surface area contributed by atoms with Crippen molar-refractivity contribution < 1.29 is 23.7 Å². The van der Waals surface area contributed by atoms with Gasteiger partial charge in [0.2, 0.25) is 6.79 Å². The van der Waals surface area contributed by atoms with E-state index in [9.17, 15) is 4.79 Å². The highest BCUT2D eigenvalue weighted by Crippen LogP contribution is 2.32. The van der Waals surface area contributed by atoms with Crippen molar-refractivity contribution in [1.82, 2.24) is 0 Å². The second-order valence-electron chi connectivity index (χ2n) is 7.53. The normalized spacial score (nSPS) is 11.9. The van der Waals surface area contributed by atoms with Crippen molar-refractivity contribution in [1.29, 1.82) is 0 Å². The molecule has 0 bridgehead atoms. The van der Waals surface area contributed by atoms with Gasteiger partial charge in [-0.05, 0) is 72.2 Å². The number of methoxy groups -OCH3 is 2. The van der Waals surface area contributed by atoms with Gasteiger partial charge in [-0.25, -0.2) is 4.79 Å². The van der Waals surface area contributed by atoms with Gasteiger partial charge in [-0.1, -0.05) is 36.4 Å². The molecule has 0 fully saturated rings. The van der Waals surface area contributed by atoms with Gasteiger partial charge in [-0.3, -0.25) is 0 Å². The number of rotatable bonds is 8. The molecular weight excluding hydrogens is 392 g/mol. The van der Waals surface area contributed by atoms with Gasteiger partial charge in [-0.2, -0.15) is 0 Å². The molecule has 0 saturated carbocycles. The summed E-state index contributed by atoms with van der Waals surface area (Å²) in [5, 5.41) is 0. The lowest BCUT2D eigenvalue weighted by Gasteiger charge is -2.10. The summed E-state index contributed by atoms with van der Waals surface area (Å²) in [7, 11) is 2.93. The summed E-state index contributed by atoms with van der Waals surface area (Å²) in [5.74, 6) is 1.81. The number of esters is 1. The number of hydrogen-bond acceptors (Lipinski definition) is 5. The maximum absolute atomic E-state index is 11.8. The summed E-state index contributed by atoms with van der Waals surface area (Å²) in [6, 6.07) is 20.5. The molecule has 31 heavy (non-hydrogen) atoms. The highest BCUT2D eigenvalue weighted by atomic mass is 16.7. The fraction of sp³-hybridized carbons (Fsp3) is 0.269. The van der Waals surface area contributed by atoms with Crippen LogP contribution in [0, 0.1) is 0 Å². The van der Waals surface area contributed by atoms with Gasteiger partial charge >= 0.3 is 5.97 Å². The molecule has 0 saturated heterocycles. The molecule has 0 spiro atoms. The molecule has 0 radical (unpaired) electrons. The topological polar surface area (TPSA) is 54.0 Å². The smallest absolute Gasteiger partial charge is 0.341 e. The van der Waals surface area contributed by atoms with E-state index in [0.29, 0.717) is 18.1 Å². The van der Waals surface area contributed by atoms with E-state index in [1.807, 2.05) is 18.2 Å². The minimum Gasteiger partial charge on any atom is -0.496 e. The lowest BCUT2D eigenvalue weighted by atomic mass is 9.98. The maximum Gasteiger partial charge on any atom is 0.341 e. The van der Waals surface area contributed by atoms with Crippen molar-refractivity contribution in [2.75, 3.05) is 21.0 Å². The quantitative estimate of drug-likeness (QED) is 0.493. The summed E-state index contributed by atoms with van der Waals surface area (Å²) in [5.41, 5.74) is 5.41. The number of benzene rings is 3. The lowest BCUT2D eigenvalue weighted by Crippen LogP contribution is -2.05. The number of hydrogen-bond donors (Lipinski definition) is 0. The Balaban J connectivity index is 1.37. The van der Waals surface area contributed by atoms with Crippen LogP contribution in [0.3, 0.4) is 0 Å². The largest absolute Gasteiger partial charge is 0.496 e. The highest BCUT2D eigenvalue weighted by molar-refractivity contribution is 5.92. The lowest BCUT2D eigenvalue weighted by molar-refractivity contribution is 0.0597. The van der Waals surface area contributed by atoms with E-state index in [0.717, 1.165) is 42.7 Å². The summed E-state index contributed by atoms with van der Waals surface area (Å²) >= 11 is 0. The van der Waals surface area contributed by atoms with Crippen LogP contribution in [0.15, 0.2) is 60.7 Å². The molecule has 0 aliphatic carbocycles. The van der Waals surface area contributed by atoms with Crippen LogP contribution in [0.1, 0.15) is 32.6 Å². The number of carbonyl (C=O) groups is 1. The molecule has 5 heteroatoms. The van der Waals surface area contributed by atoms with E-state index in [1.54, 1.807) is 13.2 Å². The van der Waals surface area contributed by atoms with Gasteiger partial charge in [0, 0.05) is 0 Å². The van der Waals surface area contributed by atoms with Crippen LogP contribution < -0.4 is 14.2 Å². The van der Waals surface area contributed by atoms with Crippen molar-refractivity contribution in [3.63, 3.8) is 0 Å². The molecule has 5 nitrogen and oxygen atoms in total. The molecule has 4 rings (SSSR count). The zero-order valence-corrected chi connectivity index (χ0v) is 17.9. The van der Waals surface area contributed by atoms with Gasteiger partial charge in [0.05, 0.1) is 14.2 Å². The average molecular weight is 418 g/mol. The molecule has 160 valence electrons. The van der Waals surface area contributed by atoms with E-state index in [4.69, 9.17) is 18.9 Å². The second kappa shape index (κ2) is 9.56. The van der Waals surface area contributed by atoms with Crippen LogP contribution in [-0.2, 0) is 30.4 Å². The number of aryl methyl sites for hydroxylation is 4. The fourth-order valence-electron chi connectivity index (χ4n) is 3.78. The number of carbonyl (C=O) groups excluding carboxylic acids is 1. The molecule has 1 aliphatic heterocycles. The predicted octanol–water partition coefficient (Wildman–Crippen LogP) is 4.78. The fourth-order valence-corrected chi connectivity index (χ4v) is 3.78. The zero-order chi connectivity index (χ0) is 21.6. The molecule has 1 aliphatic rings. The zero-order valence-electron chi connectivity index (χ0n) is 17.9. The standard InChI is InChI=1S/C26H26O5/c1-28-24-15-20(10-12-22(24)26(27)29-2)8-6-18-4-3-5-19(14-18)7-9-21-11-13-23-25(16-21)31-17-30-23/h3-5,10-16H,6-9,17H2,1-2H3. The van der Waals surface area contributed by atoms with E-state index in [2.05, 4.69) is 36.4 Å². The third-order valence-electron chi connectivity index (χ3n) is 5.50. The second-order valence-corrected chi connectivity index (χ2v) is 7.53. The van der Waals surface area contributed by atoms with Crippen molar-refractivity contribution in [3.05, 3.63) is 88.5 Å². The Morgan fingerprint density at radius 2 is 1.39 bits per heavy atom. The van der Waals surface area contributed by atoms with Gasteiger partial charge < -0.3 is 18.9 Å². The first-order valence-corrected chi connectivity index (χ1v) is 10.4. The van der Waals surface area contributed by atoms with Crippen LogP contribution in [0.2, 0.25) is 0 Å². The van der Waals surface area contributed by atoms with Crippen LogP contribution in [0.25, 0.3) is 0 Å². The van der Waals surface area contributed by atoms with Crippen molar-refractivity contribution >= 4 is 5.97 Å². The van der Waals surface area contributed by atoms with Crippen LogP contribution in [0.5, 0.6) is 17.2 Å². The van der Waals surface area contributed by atoms with E-state index >= 15 is 0 Å². The van der Waals surface area contributed by atoms with Crippen LogP contribution >= 0.6 is 0 Å². The summed E-state index contributed by atoms with van der Waals surface area (Å²) in [4.78, 5) is 11.8. The first-order chi connectivity index (χ1) is 15.2. The minimum atomic E-state index is -0.390. The van der Waals surface area contributed by atoms with E-state index < -0.39 is 5.97 Å². The van der Waals surface area contributed by atoms with Gasteiger partial charge in [0.25, 0.3) is 0 Å². The Hall–Kier alpha value is -3.47. The Morgan fingerprint density at radius 1 is 0.774 bits per heavy atom. The third-order valence-corrected chi connectivity index (χ3v) is 5.50. The monoisotopic (exact) mass is 418 g/mol.